The molecule has 2 unspecified atom stereocenters. The van der Waals surface area contributed by atoms with Crippen molar-refractivity contribution in [3.63, 3.8) is 0 Å². The fourth-order valence-electron chi connectivity index (χ4n) is 5.72. The van der Waals surface area contributed by atoms with Crippen LogP contribution in [-0.2, 0) is 33.3 Å². The van der Waals surface area contributed by atoms with Crippen molar-refractivity contribution in [2.24, 2.45) is 0 Å². The molecule has 0 radical (unpaired) electrons. The molecule has 2 atom stereocenters. The number of hydrogen-bond donors (Lipinski definition) is 1. The zero-order valence-electron chi connectivity index (χ0n) is 35.4. The van der Waals surface area contributed by atoms with E-state index in [9.17, 15) is 19.5 Å². The molecule has 0 saturated carbocycles. The Labute approximate surface area is 330 Å². The van der Waals surface area contributed by atoms with Gasteiger partial charge in [-0.1, -0.05) is 147 Å². The molecule has 0 bridgehead atoms. The largest absolute Gasteiger partial charge is 0.477 e. The Morgan fingerprint density at radius 3 is 1.48 bits per heavy atom. The molecular weight excluding hydrogens is 682 g/mol. The van der Waals surface area contributed by atoms with Gasteiger partial charge in [-0.25, -0.2) is 4.79 Å². The lowest BCUT2D eigenvalue weighted by Gasteiger charge is -2.25. The smallest absolute Gasteiger partial charge is 0.361 e. The molecule has 1 N–H and O–H groups in total. The van der Waals surface area contributed by atoms with E-state index in [1.54, 1.807) is 0 Å². The van der Waals surface area contributed by atoms with Gasteiger partial charge in [0.1, 0.15) is 13.2 Å². The maximum Gasteiger partial charge on any atom is 0.361 e. The van der Waals surface area contributed by atoms with E-state index in [0.717, 1.165) is 64.2 Å². The van der Waals surface area contributed by atoms with Gasteiger partial charge in [-0.05, 0) is 51.4 Å². The van der Waals surface area contributed by atoms with Gasteiger partial charge in [0, 0.05) is 12.8 Å². The van der Waals surface area contributed by atoms with Crippen molar-refractivity contribution in [1.82, 2.24) is 0 Å². The minimum Gasteiger partial charge on any atom is -0.477 e. The Kier molecular flexibility index (Phi) is 35.7. The third kappa shape index (κ3) is 37.8. The summed E-state index contributed by atoms with van der Waals surface area (Å²) in [4.78, 5) is 36.8. The summed E-state index contributed by atoms with van der Waals surface area (Å²) < 4.78 is 22.6. The summed E-state index contributed by atoms with van der Waals surface area (Å²) in [6, 6.07) is 0. The fraction of sp³-hybridized carbons (Fsp3) is 0.800. The van der Waals surface area contributed by atoms with Crippen molar-refractivity contribution < 1.29 is 42.9 Å². The molecule has 0 aromatic heterocycles. The van der Waals surface area contributed by atoms with Crippen LogP contribution in [0.1, 0.15) is 174 Å². The Hall–Kier alpha value is -2.49. The van der Waals surface area contributed by atoms with Crippen LogP contribution in [0, 0.1) is 0 Å². The molecule has 314 valence electrons. The number of carbonyl (C=O) groups is 3. The van der Waals surface area contributed by atoms with Gasteiger partial charge >= 0.3 is 17.9 Å². The summed E-state index contributed by atoms with van der Waals surface area (Å²) in [7, 11) is 5.94. The highest BCUT2D eigenvalue weighted by molar-refractivity contribution is 5.71. The van der Waals surface area contributed by atoms with Crippen molar-refractivity contribution in [2.75, 3.05) is 47.5 Å². The van der Waals surface area contributed by atoms with Gasteiger partial charge < -0.3 is 28.5 Å². The van der Waals surface area contributed by atoms with Gasteiger partial charge in [0.05, 0.1) is 34.4 Å². The number of quaternary nitrogens is 1. The molecule has 0 rings (SSSR count). The van der Waals surface area contributed by atoms with E-state index in [2.05, 4.69) is 50.3 Å². The van der Waals surface area contributed by atoms with Crippen molar-refractivity contribution >= 4 is 17.9 Å². The highest BCUT2D eigenvalue weighted by Gasteiger charge is 2.25. The number of allylic oxidation sites excluding steroid dienone is 6. The number of hydrogen-bond acceptors (Lipinski definition) is 7. The lowest BCUT2D eigenvalue weighted by atomic mass is 10.1. The topological polar surface area (TPSA) is 108 Å². The van der Waals surface area contributed by atoms with Crippen LogP contribution in [0.2, 0.25) is 0 Å². The van der Waals surface area contributed by atoms with Gasteiger partial charge in [0.2, 0.25) is 0 Å². The van der Waals surface area contributed by atoms with E-state index in [4.69, 9.17) is 18.9 Å². The second-order valence-corrected chi connectivity index (χ2v) is 15.7. The molecule has 0 aromatic rings. The van der Waals surface area contributed by atoms with Gasteiger partial charge in [-0.2, -0.15) is 0 Å². The molecule has 0 aliphatic rings. The summed E-state index contributed by atoms with van der Waals surface area (Å²) in [5.41, 5.74) is 0. The summed E-state index contributed by atoms with van der Waals surface area (Å²) in [5, 5.41) is 9.58. The standard InChI is InChI=1S/C45H81NO8/c1-6-8-10-12-14-15-16-17-18-19-20-21-22-23-24-25-26-27-28-29-30-32-34-36-43(48)54-41(39-52-42(47)35-33-31-13-11-9-7-2)40-53-45(44(49)50)51-38-37-46(3,4)5/h16-17,19-20,22-23,41,45H,6-15,18,21,24-40H2,1-5H3/p+1/b17-16-,20-19-,23-22-. The summed E-state index contributed by atoms with van der Waals surface area (Å²) in [6.07, 6.45) is 38.1. The number of carbonyl (C=O) groups excluding carboxylic acids is 2. The predicted molar refractivity (Wildman–Crippen MR) is 221 cm³/mol. The van der Waals surface area contributed by atoms with Crippen molar-refractivity contribution in [3.05, 3.63) is 36.5 Å². The third-order valence-electron chi connectivity index (χ3n) is 9.15. The Bertz CT molecular complexity index is 987. The van der Waals surface area contributed by atoms with Crippen LogP contribution in [0.3, 0.4) is 0 Å². The molecule has 0 aromatic carbocycles. The van der Waals surface area contributed by atoms with Crippen LogP contribution in [0.5, 0.6) is 0 Å². The van der Waals surface area contributed by atoms with Crippen LogP contribution in [-0.4, -0.2) is 87.4 Å². The van der Waals surface area contributed by atoms with Gasteiger partial charge in [-0.15, -0.1) is 0 Å². The number of nitrogens with zero attached hydrogens (tertiary/aromatic N) is 1. The van der Waals surface area contributed by atoms with E-state index in [1.165, 1.54) is 77.0 Å². The number of unbranched alkanes of at least 4 members (excludes halogenated alkanes) is 18. The number of ether oxygens (including phenoxy) is 4. The normalized spacial score (nSPS) is 13.3. The third-order valence-corrected chi connectivity index (χ3v) is 9.15. The van der Waals surface area contributed by atoms with Crippen LogP contribution >= 0.6 is 0 Å². The first-order valence-electron chi connectivity index (χ1n) is 21.7. The zero-order chi connectivity index (χ0) is 40.0. The van der Waals surface area contributed by atoms with Gasteiger partial charge in [0.15, 0.2) is 6.10 Å². The summed E-state index contributed by atoms with van der Waals surface area (Å²) in [6.45, 7) is 4.77. The Balaban J connectivity index is 4.27. The second kappa shape index (κ2) is 37.4. The molecular formula is C45H82NO8+. The lowest BCUT2D eigenvalue weighted by molar-refractivity contribution is -0.870. The first kappa shape index (κ1) is 51.5. The van der Waals surface area contributed by atoms with Crippen LogP contribution in [0.15, 0.2) is 36.5 Å². The van der Waals surface area contributed by atoms with Gasteiger partial charge in [0.25, 0.3) is 6.29 Å². The van der Waals surface area contributed by atoms with E-state index in [0.29, 0.717) is 23.9 Å². The Morgan fingerprint density at radius 1 is 0.556 bits per heavy atom. The highest BCUT2D eigenvalue weighted by atomic mass is 16.7. The zero-order valence-corrected chi connectivity index (χ0v) is 35.4. The number of esters is 2. The Morgan fingerprint density at radius 2 is 1.00 bits per heavy atom. The number of likely N-dealkylation sites (N-methyl/N-ethyl adjacent to an activating group) is 1. The average Bonchev–Trinajstić information content (AvgIpc) is 3.12. The van der Waals surface area contributed by atoms with Crippen LogP contribution in [0.4, 0.5) is 0 Å². The van der Waals surface area contributed by atoms with E-state index < -0.39 is 24.3 Å². The molecule has 0 amide bonds. The van der Waals surface area contributed by atoms with Crippen molar-refractivity contribution in [1.29, 1.82) is 0 Å². The molecule has 0 fully saturated rings. The van der Waals surface area contributed by atoms with Crippen molar-refractivity contribution in [3.8, 4) is 0 Å². The molecule has 0 saturated heterocycles. The molecule has 0 aliphatic carbocycles. The molecule has 0 spiro atoms. The summed E-state index contributed by atoms with van der Waals surface area (Å²) in [5.74, 6) is -2.03. The van der Waals surface area contributed by atoms with Crippen LogP contribution in [0.25, 0.3) is 0 Å². The average molecular weight is 765 g/mol. The maximum absolute atomic E-state index is 12.7. The lowest BCUT2D eigenvalue weighted by Crippen LogP contribution is -2.40. The highest BCUT2D eigenvalue weighted by Crippen LogP contribution is 2.13. The minimum absolute atomic E-state index is 0.185. The number of carboxylic acid groups (broad SMARTS) is 1. The summed E-state index contributed by atoms with van der Waals surface area (Å²) >= 11 is 0. The minimum atomic E-state index is -1.51. The van der Waals surface area contributed by atoms with Crippen molar-refractivity contribution in [2.45, 2.75) is 187 Å². The fourth-order valence-corrected chi connectivity index (χ4v) is 5.72. The van der Waals surface area contributed by atoms with E-state index in [-0.39, 0.29) is 32.2 Å². The molecule has 0 aliphatic heterocycles. The molecule has 9 heteroatoms. The number of carboxylic acids is 1. The number of aliphatic carboxylic acids is 1. The molecule has 9 nitrogen and oxygen atoms in total. The quantitative estimate of drug-likeness (QED) is 0.0217. The first-order valence-corrected chi connectivity index (χ1v) is 21.7. The monoisotopic (exact) mass is 765 g/mol. The van der Waals surface area contributed by atoms with E-state index >= 15 is 0 Å². The van der Waals surface area contributed by atoms with Crippen LogP contribution < -0.4 is 0 Å². The predicted octanol–water partition coefficient (Wildman–Crippen LogP) is 11.1. The molecule has 54 heavy (non-hydrogen) atoms. The van der Waals surface area contributed by atoms with E-state index in [1.807, 2.05) is 21.1 Å². The number of rotatable bonds is 39. The van der Waals surface area contributed by atoms with Gasteiger partial charge in [-0.3, -0.25) is 9.59 Å². The second-order valence-electron chi connectivity index (χ2n) is 15.7. The molecule has 0 heterocycles. The first-order chi connectivity index (χ1) is 26.1. The SMILES string of the molecule is CCCCCCC/C=C\C/C=C\C/C=C\CCCCCCCCCCC(=O)OC(COC(=O)CCCCCCCC)COC(OCC[N+](C)(C)C)C(=O)O. The maximum atomic E-state index is 12.7.